The quantitative estimate of drug-likeness (QED) is 0.860. The molecule has 18 heavy (non-hydrogen) atoms. The van der Waals surface area contributed by atoms with Crippen LogP contribution in [0.2, 0.25) is 5.15 Å². The van der Waals surface area contributed by atoms with E-state index in [1.807, 2.05) is 6.92 Å². The van der Waals surface area contributed by atoms with Crippen LogP contribution in [-0.2, 0) is 7.05 Å². The van der Waals surface area contributed by atoms with E-state index in [-0.39, 0.29) is 0 Å². The maximum atomic E-state index is 10.3. The van der Waals surface area contributed by atoms with Gasteiger partial charge in [0.15, 0.2) is 0 Å². The number of aliphatic hydroxyl groups is 1. The van der Waals surface area contributed by atoms with Crippen molar-refractivity contribution in [1.82, 2.24) is 14.8 Å². The fourth-order valence-electron chi connectivity index (χ4n) is 1.68. The molecule has 5 nitrogen and oxygen atoms in total. The lowest BCUT2D eigenvalue weighted by Gasteiger charge is -2.12. The van der Waals surface area contributed by atoms with Gasteiger partial charge in [-0.25, -0.2) is 9.67 Å². The van der Waals surface area contributed by atoms with E-state index in [0.29, 0.717) is 28.9 Å². The second kappa shape index (κ2) is 5.37. The number of aromatic nitrogens is 3. The maximum Gasteiger partial charge on any atom is 0.217 e. The third-order valence-electron chi connectivity index (χ3n) is 2.50. The number of hydrogen-bond donors (Lipinski definition) is 1. The van der Waals surface area contributed by atoms with Gasteiger partial charge in [-0.05, 0) is 19.1 Å². The first-order valence-corrected chi connectivity index (χ1v) is 5.96. The molecule has 2 heterocycles. The van der Waals surface area contributed by atoms with Gasteiger partial charge in [-0.1, -0.05) is 17.7 Å². The normalized spacial score (nSPS) is 12.4. The summed E-state index contributed by atoms with van der Waals surface area (Å²) < 4.78 is 7.04. The van der Waals surface area contributed by atoms with Crippen LogP contribution < -0.4 is 4.74 Å². The van der Waals surface area contributed by atoms with Crippen LogP contribution in [0.5, 0.6) is 5.88 Å². The number of aliphatic hydroxyl groups excluding tert-OH is 1. The first kappa shape index (κ1) is 12.9. The fourth-order valence-corrected chi connectivity index (χ4v) is 1.85. The summed E-state index contributed by atoms with van der Waals surface area (Å²) in [4.78, 5) is 4.08. The standard InChI is InChI=1S/C12H14ClN3O2/c1-3-18-12-8(7-14-16(12)2)11(17)9-5-4-6-10(13)15-9/h4-7,11,17H,3H2,1-2H3. The maximum absolute atomic E-state index is 10.3. The molecule has 0 aliphatic heterocycles. The smallest absolute Gasteiger partial charge is 0.217 e. The Bertz CT molecular complexity index is 542. The summed E-state index contributed by atoms with van der Waals surface area (Å²) in [6, 6.07) is 5.11. The zero-order chi connectivity index (χ0) is 13.1. The van der Waals surface area contributed by atoms with E-state index < -0.39 is 6.10 Å². The first-order valence-electron chi connectivity index (χ1n) is 5.58. The zero-order valence-corrected chi connectivity index (χ0v) is 10.9. The molecule has 0 saturated carbocycles. The summed E-state index contributed by atoms with van der Waals surface area (Å²) in [5, 5.41) is 14.7. The van der Waals surface area contributed by atoms with Crippen molar-refractivity contribution in [3.63, 3.8) is 0 Å². The molecule has 2 aromatic rings. The molecule has 1 atom stereocenters. The highest BCUT2D eigenvalue weighted by molar-refractivity contribution is 6.29. The minimum absolute atomic E-state index is 0.341. The number of hydrogen-bond acceptors (Lipinski definition) is 4. The van der Waals surface area contributed by atoms with Crippen molar-refractivity contribution in [2.75, 3.05) is 6.61 Å². The van der Waals surface area contributed by atoms with E-state index >= 15 is 0 Å². The summed E-state index contributed by atoms with van der Waals surface area (Å²) in [5.41, 5.74) is 1.05. The van der Waals surface area contributed by atoms with E-state index in [1.165, 1.54) is 0 Å². The van der Waals surface area contributed by atoms with Crippen molar-refractivity contribution in [3.05, 3.63) is 40.8 Å². The minimum Gasteiger partial charge on any atom is -0.478 e. The van der Waals surface area contributed by atoms with Crippen LogP contribution in [0.1, 0.15) is 24.3 Å². The summed E-state index contributed by atoms with van der Waals surface area (Å²) in [6.45, 7) is 2.38. The molecule has 0 saturated heterocycles. The number of halogens is 1. The van der Waals surface area contributed by atoms with Crippen LogP contribution in [0.4, 0.5) is 0 Å². The highest BCUT2D eigenvalue weighted by Gasteiger charge is 2.20. The average molecular weight is 268 g/mol. The number of pyridine rings is 1. The van der Waals surface area contributed by atoms with Gasteiger partial charge in [-0.2, -0.15) is 5.10 Å². The molecule has 0 aliphatic carbocycles. The molecule has 0 radical (unpaired) electrons. The van der Waals surface area contributed by atoms with Gasteiger partial charge < -0.3 is 9.84 Å². The third kappa shape index (κ3) is 2.47. The third-order valence-corrected chi connectivity index (χ3v) is 2.71. The van der Waals surface area contributed by atoms with Gasteiger partial charge in [0.25, 0.3) is 0 Å². The van der Waals surface area contributed by atoms with Crippen molar-refractivity contribution < 1.29 is 9.84 Å². The van der Waals surface area contributed by atoms with Gasteiger partial charge >= 0.3 is 0 Å². The Kier molecular flexibility index (Phi) is 3.84. The fraction of sp³-hybridized carbons (Fsp3) is 0.333. The molecular formula is C12H14ClN3O2. The Morgan fingerprint density at radius 2 is 2.28 bits per heavy atom. The Balaban J connectivity index is 2.36. The van der Waals surface area contributed by atoms with E-state index in [4.69, 9.17) is 16.3 Å². The predicted octanol–water partition coefficient (Wildman–Crippen LogP) is 1.95. The van der Waals surface area contributed by atoms with Crippen molar-refractivity contribution in [1.29, 1.82) is 0 Å². The van der Waals surface area contributed by atoms with Gasteiger partial charge in [-0.15, -0.1) is 0 Å². The molecule has 0 amide bonds. The van der Waals surface area contributed by atoms with Crippen molar-refractivity contribution in [3.8, 4) is 5.88 Å². The van der Waals surface area contributed by atoms with E-state index in [1.54, 1.807) is 36.1 Å². The molecule has 0 spiro atoms. The lowest BCUT2D eigenvalue weighted by molar-refractivity contribution is 0.205. The van der Waals surface area contributed by atoms with Gasteiger partial charge in [0, 0.05) is 7.05 Å². The number of ether oxygens (including phenoxy) is 1. The topological polar surface area (TPSA) is 60.2 Å². The van der Waals surface area contributed by atoms with Crippen molar-refractivity contribution in [2.24, 2.45) is 7.05 Å². The highest BCUT2D eigenvalue weighted by Crippen LogP contribution is 2.29. The van der Waals surface area contributed by atoms with Crippen LogP contribution in [0.15, 0.2) is 24.4 Å². The van der Waals surface area contributed by atoms with Crippen LogP contribution in [0.3, 0.4) is 0 Å². The predicted molar refractivity (Wildman–Crippen MR) is 67.7 cm³/mol. The van der Waals surface area contributed by atoms with Gasteiger partial charge in [0.2, 0.25) is 5.88 Å². The molecule has 0 aromatic carbocycles. The number of aryl methyl sites for hydroxylation is 1. The number of rotatable bonds is 4. The molecule has 0 bridgehead atoms. The molecule has 0 fully saturated rings. The molecule has 2 aromatic heterocycles. The highest BCUT2D eigenvalue weighted by atomic mass is 35.5. The Morgan fingerprint density at radius 3 is 2.94 bits per heavy atom. The second-order valence-electron chi connectivity index (χ2n) is 3.75. The first-order chi connectivity index (χ1) is 8.63. The monoisotopic (exact) mass is 267 g/mol. The van der Waals surface area contributed by atoms with Crippen LogP contribution in [-0.4, -0.2) is 26.5 Å². The summed E-state index contributed by atoms with van der Waals surface area (Å²) in [6.07, 6.45) is 0.664. The molecule has 6 heteroatoms. The minimum atomic E-state index is -0.904. The Hall–Kier alpha value is -1.59. The molecule has 1 N–H and O–H groups in total. The molecule has 2 rings (SSSR count). The largest absolute Gasteiger partial charge is 0.478 e. The average Bonchev–Trinajstić information content (AvgIpc) is 2.71. The second-order valence-corrected chi connectivity index (χ2v) is 4.14. The zero-order valence-electron chi connectivity index (χ0n) is 10.2. The molecular weight excluding hydrogens is 254 g/mol. The summed E-state index contributed by atoms with van der Waals surface area (Å²) in [5.74, 6) is 0.534. The summed E-state index contributed by atoms with van der Waals surface area (Å²) in [7, 11) is 1.76. The van der Waals surface area contributed by atoms with Crippen LogP contribution in [0, 0.1) is 0 Å². The summed E-state index contributed by atoms with van der Waals surface area (Å²) >= 11 is 5.81. The lowest BCUT2D eigenvalue weighted by atomic mass is 10.1. The molecule has 1 unspecified atom stereocenters. The van der Waals surface area contributed by atoms with Crippen molar-refractivity contribution in [2.45, 2.75) is 13.0 Å². The van der Waals surface area contributed by atoms with E-state index in [9.17, 15) is 5.11 Å². The Labute approximate surface area is 110 Å². The van der Waals surface area contributed by atoms with Gasteiger partial charge in [-0.3, -0.25) is 0 Å². The number of nitrogens with zero attached hydrogens (tertiary/aromatic N) is 3. The lowest BCUT2D eigenvalue weighted by Crippen LogP contribution is -2.06. The van der Waals surface area contributed by atoms with E-state index in [0.717, 1.165) is 0 Å². The van der Waals surface area contributed by atoms with Crippen molar-refractivity contribution >= 4 is 11.6 Å². The molecule has 96 valence electrons. The Morgan fingerprint density at radius 1 is 1.50 bits per heavy atom. The SMILES string of the molecule is CCOc1c(C(O)c2cccc(Cl)n2)cnn1C. The molecule has 0 aliphatic rings. The van der Waals surface area contributed by atoms with E-state index in [2.05, 4.69) is 10.1 Å². The van der Waals surface area contributed by atoms with Gasteiger partial charge in [0.05, 0.1) is 24.1 Å². The van der Waals surface area contributed by atoms with Crippen LogP contribution in [0.25, 0.3) is 0 Å². The van der Waals surface area contributed by atoms with Crippen LogP contribution >= 0.6 is 11.6 Å². The van der Waals surface area contributed by atoms with Gasteiger partial charge in [0.1, 0.15) is 11.3 Å².